The quantitative estimate of drug-likeness (QED) is 0.140. The summed E-state index contributed by atoms with van der Waals surface area (Å²) in [7, 11) is 3.22. The number of nitrogens with zero attached hydrogens (tertiary/aromatic N) is 14. The molecule has 3 atom stereocenters. The molecule has 2 aliphatic rings. The molecule has 8 aromatic heterocycles. The molecule has 2 fully saturated rings. The van der Waals surface area contributed by atoms with Crippen LogP contribution in [0.25, 0.3) is 62.9 Å². The first kappa shape index (κ1) is 55.8. The second-order valence-electron chi connectivity index (χ2n) is 22.8. The standard InChI is InChI=1S/C60H64N16O6S2/c1-10-12-24-73-47-51(67-55(73)71-23-16-17-37(61)29-71)69(8)58(80)76(53(47)77)32-44-63-34(4)50-46(66-44)39-21-20-35(28-42(39)84-50)27-36-22-26-72(30-40(36)64-57(79)82-60(5,6)7)56-68-52-48(74(56)25-13-11-2)54(78)75(59(81)70(52)9)31-43-62-33(3)49-45(65-43)38-18-14-15-19-41(38)83-49/h14-15,18-21,28,36-37,40H,16-17,22-27,29-32,61H2,1-9H3,(H,64,79). The van der Waals surface area contributed by atoms with Crippen molar-refractivity contribution in [3.05, 3.63) is 113 Å². The number of benzene rings is 2. The Morgan fingerprint density at radius 2 is 1.25 bits per heavy atom. The van der Waals surface area contributed by atoms with Crippen molar-refractivity contribution < 1.29 is 9.53 Å². The van der Waals surface area contributed by atoms with Crippen LogP contribution >= 0.6 is 22.7 Å². The van der Waals surface area contributed by atoms with E-state index in [1.807, 2.05) is 69.9 Å². The molecule has 432 valence electrons. The van der Waals surface area contributed by atoms with Gasteiger partial charge in [0.15, 0.2) is 22.3 Å². The van der Waals surface area contributed by atoms with Gasteiger partial charge in [-0.15, -0.1) is 34.5 Å². The number of nitrogens with two attached hydrogens (primary N) is 1. The molecule has 3 N–H and O–H groups in total. The summed E-state index contributed by atoms with van der Waals surface area (Å²) in [6.45, 7) is 14.9. The highest BCUT2D eigenvalue weighted by Gasteiger charge is 2.36. The molecule has 2 aromatic carbocycles. The summed E-state index contributed by atoms with van der Waals surface area (Å²) in [4.78, 5) is 105. The Morgan fingerprint density at radius 1 is 0.702 bits per heavy atom. The average Bonchev–Trinajstić information content (AvgIpc) is 2.24. The molecular weight excluding hydrogens is 1100 g/mol. The van der Waals surface area contributed by atoms with Crippen molar-refractivity contribution in [3.8, 4) is 23.7 Å². The fraction of sp³-hybridized carbons (Fsp3) is 0.417. The number of amides is 1. The van der Waals surface area contributed by atoms with Gasteiger partial charge in [-0.3, -0.25) is 37.0 Å². The minimum Gasteiger partial charge on any atom is -0.444 e. The first-order valence-electron chi connectivity index (χ1n) is 28.1. The minimum atomic E-state index is -0.760. The molecule has 0 radical (unpaired) electrons. The molecule has 3 unspecified atom stereocenters. The van der Waals surface area contributed by atoms with Crippen LogP contribution in [0.15, 0.2) is 61.6 Å². The molecule has 84 heavy (non-hydrogen) atoms. The van der Waals surface area contributed by atoms with Crippen molar-refractivity contribution in [1.82, 2.24) is 62.6 Å². The molecule has 0 spiro atoms. The Morgan fingerprint density at radius 3 is 1.81 bits per heavy atom. The van der Waals surface area contributed by atoms with Crippen LogP contribution in [0, 0.1) is 43.4 Å². The Bertz CT molecular complexity index is 4740. The number of nitrogens with one attached hydrogen (secondary N) is 1. The maximum absolute atomic E-state index is 14.8. The lowest BCUT2D eigenvalue weighted by atomic mass is 9.86. The number of alkyl carbamates (subject to hydrolysis) is 1. The van der Waals surface area contributed by atoms with Gasteiger partial charge in [0.05, 0.1) is 64.0 Å². The van der Waals surface area contributed by atoms with Gasteiger partial charge in [-0.05, 0) is 97.8 Å². The van der Waals surface area contributed by atoms with Crippen LogP contribution in [0.1, 0.15) is 82.5 Å². The molecule has 0 aliphatic carbocycles. The van der Waals surface area contributed by atoms with E-state index in [0.29, 0.717) is 61.7 Å². The number of aromatic nitrogens is 12. The molecule has 10 heterocycles. The first-order chi connectivity index (χ1) is 40.3. The minimum absolute atomic E-state index is 0.0404. The van der Waals surface area contributed by atoms with E-state index < -0.39 is 40.2 Å². The summed E-state index contributed by atoms with van der Waals surface area (Å²) in [6, 6.07) is 13.8. The summed E-state index contributed by atoms with van der Waals surface area (Å²) in [5, 5.41) is 5.09. The molecule has 1 amide bonds. The van der Waals surface area contributed by atoms with Crippen LogP contribution < -0.4 is 43.3 Å². The number of fused-ring (bicyclic) bond motifs is 8. The van der Waals surface area contributed by atoms with E-state index in [1.54, 1.807) is 59.8 Å². The Labute approximate surface area is 489 Å². The third kappa shape index (κ3) is 10.0. The third-order valence-electron chi connectivity index (χ3n) is 15.9. The predicted octanol–water partition coefficient (Wildman–Crippen LogP) is 6.07. The number of carbonyl (C=O) groups is 1. The average molecular weight is 1170 g/mol. The molecule has 0 bridgehead atoms. The van der Waals surface area contributed by atoms with E-state index in [9.17, 15) is 24.0 Å². The molecule has 24 heteroatoms. The van der Waals surface area contributed by atoms with Crippen LogP contribution in [0.2, 0.25) is 0 Å². The fourth-order valence-electron chi connectivity index (χ4n) is 11.9. The SMILES string of the molecule is CC#CCn1c(N2CCCC(N)C2)nc2c1c(=O)n(Cc1nc(C)c3sc4cc(CC5CCN(c6nc7c(c(=O)n(Cc8nc(C)c9sc%10ccccc%10c9n8)c(=O)n7C)n6CC#CC)CC5NC(=O)OC(C)(C)C)ccc4c3n1)c(=O)n2C. The van der Waals surface area contributed by atoms with Crippen molar-refractivity contribution in [3.63, 3.8) is 0 Å². The zero-order valence-electron chi connectivity index (χ0n) is 48.4. The predicted molar refractivity (Wildman–Crippen MR) is 329 cm³/mol. The summed E-state index contributed by atoms with van der Waals surface area (Å²) < 4.78 is 18.4. The van der Waals surface area contributed by atoms with Gasteiger partial charge in [-0.1, -0.05) is 42.2 Å². The van der Waals surface area contributed by atoms with Gasteiger partial charge in [0.25, 0.3) is 11.1 Å². The van der Waals surface area contributed by atoms with Gasteiger partial charge in [0, 0.05) is 66.5 Å². The summed E-state index contributed by atoms with van der Waals surface area (Å²) in [6.07, 6.45) is 2.43. The highest BCUT2D eigenvalue weighted by molar-refractivity contribution is 7.26. The molecule has 2 aliphatic heterocycles. The number of piperidine rings is 2. The van der Waals surface area contributed by atoms with Crippen LogP contribution in [0.5, 0.6) is 0 Å². The second kappa shape index (κ2) is 21.8. The van der Waals surface area contributed by atoms with Gasteiger partial charge in [-0.25, -0.2) is 34.3 Å². The zero-order valence-corrected chi connectivity index (χ0v) is 50.0. The van der Waals surface area contributed by atoms with Gasteiger partial charge >= 0.3 is 17.5 Å². The van der Waals surface area contributed by atoms with Crippen molar-refractivity contribution >= 4 is 104 Å². The van der Waals surface area contributed by atoms with E-state index in [2.05, 4.69) is 46.0 Å². The smallest absolute Gasteiger partial charge is 0.407 e. The van der Waals surface area contributed by atoms with Crippen molar-refractivity contribution in [2.45, 2.75) is 118 Å². The van der Waals surface area contributed by atoms with Crippen LogP contribution in [-0.2, 0) is 51.4 Å². The van der Waals surface area contributed by atoms with Crippen LogP contribution in [0.3, 0.4) is 0 Å². The van der Waals surface area contributed by atoms with Gasteiger partial charge < -0.3 is 25.6 Å². The number of rotatable bonds is 11. The Kier molecular flexibility index (Phi) is 14.5. The topological polar surface area (TPSA) is 246 Å². The molecule has 0 saturated carbocycles. The normalized spacial score (nSPS) is 16.7. The number of aryl methyl sites for hydroxylation is 4. The van der Waals surface area contributed by atoms with Crippen molar-refractivity contribution in [2.24, 2.45) is 25.7 Å². The fourth-order valence-corrected chi connectivity index (χ4v) is 14.1. The zero-order chi connectivity index (χ0) is 59.0. The van der Waals surface area contributed by atoms with E-state index in [1.165, 1.54) is 13.7 Å². The van der Waals surface area contributed by atoms with Gasteiger partial charge in [0.2, 0.25) is 11.9 Å². The summed E-state index contributed by atoms with van der Waals surface area (Å²) >= 11 is 3.18. The first-order valence-corrected chi connectivity index (χ1v) is 29.7. The lowest BCUT2D eigenvalue weighted by Crippen LogP contribution is -2.54. The number of hydrogen-bond acceptors (Lipinski definition) is 17. The number of imidazole rings is 2. The maximum atomic E-state index is 14.8. The molecule has 2 saturated heterocycles. The Balaban J connectivity index is 0.847. The summed E-state index contributed by atoms with van der Waals surface area (Å²) in [5.41, 5.74) is 8.47. The highest BCUT2D eigenvalue weighted by Crippen LogP contribution is 2.37. The molecule has 10 aromatic rings. The Hall–Kier alpha value is -8.71. The third-order valence-corrected chi connectivity index (χ3v) is 18.4. The van der Waals surface area contributed by atoms with Crippen molar-refractivity contribution in [1.29, 1.82) is 0 Å². The number of carbonyl (C=O) groups excluding carboxylic acids is 1. The summed E-state index contributed by atoms with van der Waals surface area (Å²) in [5.74, 6) is 13.7. The lowest BCUT2D eigenvalue weighted by molar-refractivity contribution is 0.0479. The van der Waals surface area contributed by atoms with Crippen LogP contribution in [-0.4, -0.2) is 107 Å². The van der Waals surface area contributed by atoms with E-state index >= 15 is 0 Å². The van der Waals surface area contributed by atoms with E-state index in [-0.39, 0.29) is 60.5 Å². The van der Waals surface area contributed by atoms with Crippen molar-refractivity contribution in [2.75, 3.05) is 36.0 Å². The van der Waals surface area contributed by atoms with E-state index in [4.69, 9.17) is 40.4 Å². The van der Waals surface area contributed by atoms with Gasteiger partial charge in [0.1, 0.15) is 17.2 Å². The number of hydrogen-bond donors (Lipinski definition) is 2. The largest absolute Gasteiger partial charge is 0.444 e. The van der Waals surface area contributed by atoms with E-state index in [0.717, 1.165) is 75.8 Å². The molecule has 12 rings (SSSR count). The molecular formula is C60H64N16O6S2. The molecule has 22 nitrogen and oxygen atoms in total. The highest BCUT2D eigenvalue weighted by atomic mass is 32.1. The second-order valence-corrected chi connectivity index (χ2v) is 24.9. The van der Waals surface area contributed by atoms with Gasteiger partial charge in [-0.2, -0.15) is 9.97 Å². The number of ether oxygens (including phenoxy) is 1. The monoisotopic (exact) mass is 1170 g/mol. The van der Waals surface area contributed by atoms with Crippen LogP contribution in [0.4, 0.5) is 16.7 Å². The number of anilines is 2. The lowest BCUT2D eigenvalue weighted by Gasteiger charge is -2.39. The maximum Gasteiger partial charge on any atom is 0.407 e. The number of thiophene rings is 2.